The number of benzene rings is 1. The van der Waals surface area contributed by atoms with E-state index in [0.29, 0.717) is 0 Å². The lowest BCUT2D eigenvalue weighted by Gasteiger charge is -2.34. The van der Waals surface area contributed by atoms with Gasteiger partial charge < -0.3 is 20.2 Å². The van der Waals surface area contributed by atoms with E-state index in [4.69, 9.17) is 4.99 Å². The number of aliphatic imine (C=N–C) groups is 1. The minimum Gasteiger partial charge on any atom is -0.393 e. The Labute approximate surface area is 170 Å². The third-order valence-corrected chi connectivity index (χ3v) is 6.07. The second kappa shape index (κ2) is 11.4. The van der Waals surface area contributed by atoms with Crippen molar-refractivity contribution >= 4 is 5.96 Å². The highest BCUT2D eigenvalue weighted by Gasteiger charge is 2.21. The molecule has 0 atom stereocenters. The fourth-order valence-electron chi connectivity index (χ4n) is 4.34. The van der Waals surface area contributed by atoms with Crippen molar-refractivity contribution < 1.29 is 5.11 Å². The molecule has 5 heteroatoms. The van der Waals surface area contributed by atoms with E-state index in [0.717, 1.165) is 77.0 Å². The van der Waals surface area contributed by atoms with Gasteiger partial charge >= 0.3 is 0 Å². The number of nitrogens with zero attached hydrogens (tertiary/aromatic N) is 3. The number of aliphatic hydroxyl groups excluding tert-OH is 1. The molecule has 2 N–H and O–H groups in total. The minimum atomic E-state index is -0.0838. The third kappa shape index (κ3) is 6.78. The maximum absolute atomic E-state index is 9.61. The molecule has 156 valence electrons. The molecule has 2 heterocycles. The molecule has 28 heavy (non-hydrogen) atoms. The average Bonchev–Trinajstić information content (AvgIpc) is 2.73. The predicted molar refractivity (Wildman–Crippen MR) is 117 cm³/mol. The zero-order valence-corrected chi connectivity index (χ0v) is 17.5. The Bertz CT molecular complexity index is 576. The molecule has 0 aliphatic carbocycles. The van der Waals surface area contributed by atoms with Crippen LogP contribution in [0.3, 0.4) is 0 Å². The SMILES string of the molecule is CCNC(=NCCCN1CCC(O)CC1)N1CCC(Cc2ccccc2)CC1. The number of aliphatic hydroxyl groups is 1. The normalized spacial score (nSPS) is 20.5. The summed E-state index contributed by atoms with van der Waals surface area (Å²) in [6.45, 7) is 9.31. The van der Waals surface area contributed by atoms with Crippen molar-refractivity contribution in [3.05, 3.63) is 35.9 Å². The van der Waals surface area contributed by atoms with Crippen LogP contribution in [0, 0.1) is 5.92 Å². The fourth-order valence-corrected chi connectivity index (χ4v) is 4.34. The summed E-state index contributed by atoms with van der Waals surface area (Å²) in [5, 5.41) is 13.1. The summed E-state index contributed by atoms with van der Waals surface area (Å²) in [5.74, 6) is 1.88. The lowest BCUT2D eigenvalue weighted by molar-refractivity contribution is 0.0824. The molecule has 0 radical (unpaired) electrons. The first-order valence-electron chi connectivity index (χ1n) is 11.2. The van der Waals surface area contributed by atoms with Crippen LogP contribution in [-0.4, -0.2) is 72.8 Å². The largest absolute Gasteiger partial charge is 0.393 e. The number of piperidine rings is 2. The number of likely N-dealkylation sites (tertiary alicyclic amines) is 2. The zero-order chi connectivity index (χ0) is 19.6. The first-order chi connectivity index (χ1) is 13.7. The topological polar surface area (TPSA) is 51.1 Å². The van der Waals surface area contributed by atoms with Crippen LogP contribution in [0.25, 0.3) is 0 Å². The number of guanidine groups is 1. The second-order valence-corrected chi connectivity index (χ2v) is 8.28. The van der Waals surface area contributed by atoms with E-state index in [-0.39, 0.29) is 6.10 Å². The first kappa shape index (κ1) is 21.1. The maximum Gasteiger partial charge on any atom is 0.193 e. The van der Waals surface area contributed by atoms with Gasteiger partial charge in [-0.2, -0.15) is 0 Å². The summed E-state index contributed by atoms with van der Waals surface area (Å²) in [6.07, 6.45) is 6.54. The molecule has 0 spiro atoms. The molecule has 0 amide bonds. The molecule has 0 unspecified atom stereocenters. The van der Waals surface area contributed by atoms with Crippen molar-refractivity contribution in [2.75, 3.05) is 45.8 Å². The predicted octanol–water partition coefficient (Wildman–Crippen LogP) is 2.75. The molecule has 3 rings (SSSR count). The van der Waals surface area contributed by atoms with Gasteiger partial charge in [-0.1, -0.05) is 30.3 Å². The van der Waals surface area contributed by atoms with Gasteiger partial charge in [0.25, 0.3) is 0 Å². The second-order valence-electron chi connectivity index (χ2n) is 8.28. The van der Waals surface area contributed by atoms with E-state index < -0.39 is 0 Å². The first-order valence-corrected chi connectivity index (χ1v) is 11.2. The van der Waals surface area contributed by atoms with E-state index in [1.807, 2.05) is 0 Å². The molecule has 2 aliphatic rings. The summed E-state index contributed by atoms with van der Waals surface area (Å²) in [7, 11) is 0. The van der Waals surface area contributed by atoms with E-state index >= 15 is 0 Å². The monoisotopic (exact) mass is 386 g/mol. The molecule has 0 aromatic heterocycles. The van der Waals surface area contributed by atoms with Crippen LogP contribution >= 0.6 is 0 Å². The average molecular weight is 387 g/mol. The standard InChI is InChI=1S/C23H38N4O/c1-2-24-23(25-13-6-14-26-15-11-22(28)12-16-26)27-17-9-21(10-18-27)19-20-7-4-3-5-8-20/h3-5,7-8,21-22,28H,2,6,9-19H2,1H3,(H,24,25). The Hall–Kier alpha value is -1.59. The summed E-state index contributed by atoms with van der Waals surface area (Å²) in [5.41, 5.74) is 1.46. The molecule has 0 saturated carbocycles. The summed E-state index contributed by atoms with van der Waals surface area (Å²) in [4.78, 5) is 9.81. The van der Waals surface area contributed by atoms with E-state index in [2.05, 4.69) is 52.4 Å². The fraction of sp³-hybridized carbons (Fsp3) is 0.696. The highest BCUT2D eigenvalue weighted by molar-refractivity contribution is 5.80. The van der Waals surface area contributed by atoms with Crippen LogP contribution in [-0.2, 0) is 6.42 Å². The van der Waals surface area contributed by atoms with E-state index in [9.17, 15) is 5.11 Å². The molecule has 5 nitrogen and oxygen atoms in total. The maximum atomic E-state index is 9.61. The minimum absolute atomic E-state index is 0.0838. The van der Waals surface area contributed by atoms with Crippen LogP contribution in [0.5, 0.6) is 0 Å². The lowest BCUT2D eigenvalue weighted by Crippen LogP contribution is -2.46. The van der Waals surface area contributed by atoms with Gasteiger partial charge in [-0.05, 0) is 63.5 Å². The smallest absolute Gasteiger partial charge is 0.193 e. The molecule has 1 aromatic rings. The number of hydrogen-bond donors (Lipinski definition) is 2. The summed E-state index contributed by atoms with van der Waals surface area (Å²) in [6, 6.07) is 10.9. The highest BCUT2D eigenvalue weighted by atomic mass is 16.3. The van der Waals surface area contributed by atoms with Gasteiger partial charge in [-0.15, -0.1) is 0 Å². The quantitative estimate of drug-likeness (QED) is 0.430. The molecule has 0 bridgehead atoms. The zero-order valence-electron chi connectivity index (χ0n) is 17.5. The van der Waals surface area contributed by atoms with Crippen molar-refractivity contribution in [3.63, 3.8) is 0 Å². The number of rotatable bonds is 7. The van der Waals surface area contributed by atoms with E-state index in [1.165, 1.54) is 24.8 Å². The molecule has 1 aromatic carbocycles. The summed E-state index contributed by atoms with van der Waals surface area (Å²) >= 11 is 0. The van der Waals surface area contributed by atoms with Gasteiger partial charge in [0.1, 0.15) is 0 Å². The summed E-state index contributed by atoms with van der Waals surface area (Å²) < 4.78 is 0. The van der Waals surface area contributed by atoms with Gasteiger partial charge in [-0.3, -0.25) is 4.99 Å². The molecular formula is C23H38N4O. The highest BCUT2D eigenvalue weighted by Crippen LogP contribution is 2.21. The van der Waals surface area contributed by atoms with Crippen LogP contribution < -0.4 is 5.32 Å². The van der Waals surface area contributed by atoms with Gasteiger partial charge in [-0.25, -0.2) is 0 Å². The Morgan fingerprint density at radius 3 is 2.46 bits per heavy atom. The molecule has 2 fully saturated rings. The van der Waals surface area contributed by atoms with Gasteiger partial charge in [0.05, 0.1) is 6.10 Å². The molecule has 2 saturated heterocycles. The Balaban J connectivity index is 1.40. The number of hydrogen-bond acceptors (Lipinski definition) is 3. The van der Waals surface area contributed by atoms with Crippen LogP contribution in [0.4, 0.5) is 0 Å². The van der Waals surface area contributed by atoms with Crippen molar-refractivity contribution in [2.24, 2.45) is 10.9 Å². The Morgan fingerprint density at radius 1 is 1.07 bits per heavy atom. The Kier molecular flexibility index (Phi) is 8.62. The third-order valence-electron chi connectivity index (χ3n) is 6.07. The lowest BCUT2D eigenvalue weighted by atomic mass is 9.90. The molecule has 2 aliphatic heterocycles. The molecular weight excluding hydrogens is 348 g/mol. The van der Waals surface area contributed by atoms with Gasteiger partial charge in [0.2, 0.25) is 0 Å². The Morgan fingerprint density at radius 2 is 1.79 bits per heavy atom. The van der Waals surface area contributed by atoms with Crippen LogP contribution in [0.1, 0.15) is 44.6 Å². The van der Waals surface area contributed by atoms with Crippen molar-refractivity contribution in [1.82, 2.24) is 15.1 Å². The van der Waals surface area contributed by atoms with Crippen molar-refractivity contribution in [3.8, 4) is 0 Å². The van der Waals surface area contributed by atoms with Crippen molar-refractivity contribution in [2.45, 2.75) is 51.6 Å². The van der Waals surface area contributed by atoms with E-state index in [1.54, 1.807) is 0 Å². The van der Waals surface area contributed by atoms with Crippen LogP contribution in [0.2, 0.25) is 0 Å². The van der Waals surface area contributed by atoms with Crippen molar-refractivity contribution in [1.29, 1.82) is 0 Å². The van der Waals surface area contributed by atoms with Gasteiger partial charge in [0, 0.05) is 39.3 Å². The number of nitrogens with one attached hydrogen (secondary N) is 1. The van der Waals surface area contributed by atoms with Gasteiger partial charge in [0.15, 0.2) is 5.96 Å². The van der Waals surface area contributed by atoms with Crippen LogP contribution in [0.15, 0.2) is 35.3 Å².